The zero-order valence-electron chi connectivity index (χ0n) is 19.8. The Morgan fingerprint density at radius 3 is 2.57 bits per heavy atom. The van der Waals surface area contributed by atoms with Crippen LogP contribution in [0.25, 0.3) is 6.08 Å². The lowest BCUT2D eigenvalue weighted by molar-refractivity contribution is -0.112. The van der Waals surface area contributed by atoms with Crippen molar-refractivity contribution in [3.05, 3.63) is 64.7 Å². The number of hydrogen-bond donors (Lipinski definition) is 1. The maximum absolute atomic E-state index is 12.6. The Labute approximate surface area is 208 Å². The van der Waals surface area contributed by atoms with Gasteiger partial charge in [0.25, 0.3) is 5.91 Å². The first-order chi connectivity index (χ1) is 17.0. The number of anilines is 2. The third kappa shape index (κ3) is 6.58. The first kappa shape index (κ1) is 24.2. The Morgan fingerprint density at radius 2 is 1.86 bits per heavy atom. The number of benzene rings is 2. The van der Waals surface area contributed by atoms with Crippen LogP contribution in [0.4, 0.5) is 10.3 Å². The molecule has 0 bridgehead atoms. The summed E-state index contributed by atoms with van der Waals surface area (Å²) < 4.78 is 11.5. The molecule has 1 aliphatic heterocycles. The van der Waals surface area contributed by atoms with Crippen molar-refractivity contribution in [3.63, 3.8) is 0 Å². The van der Waals surface area contributed by atoms with E-state index < -0.39 is 5.91 Å². The van der Waals surface area contributed by atoms with E-state index in [9.17, 15) is 10.1 Å². The van der Waals surface area contributed by atoms with Crippen molar-refractivity contribution in [3.8, 4) is 17.6 Å². The molecular formula is C26H27N5O3S. The smallest absolute Gasteiger partial charge is 0.268 e. The van der Waals surface area contributed by atoms with Gasteiger partial charge in [-0.2, -0.15) is 5.26 Å². The van der Waals surface area contributed by atoms with E-state index >= 15 is 0 Å². The first-order valence-corrected chi connectivity index (χ1v) is 12.3. The molecule has 1 N–H and O–H groups in total. The van der Waals surface area contributed by atoms with Crippen molar-refractivity contribution in [2.24, 2.45) is 0 Å². The molecule has 1 aliphatic rings. The lowest BCUT2D eigenvalue weighted by Gasteiger charge is -2.11. The van der Waals surface area contributed by atoms with E-state index in [1.54, 1.807) is 24.3 Å². The molecule has 1 amide bonds. The Kier molecular flexibility index (Phi) is 7.95. The van der Waals surface area contributed by atoms with Gasteiger partial charge in [-0.15, -0.1) is 10.2 Å². The fraction of sp³-hybridized carbons (Fsp3) is 0.308. The number of carbonyl (C=O) groups excluding carboxylic acids is 1. The van der Waals surface area contributed by atoms with Gasteiger partial charge < -0.3 is 14.4 Å². The molecule has 9 heteroatoms. The van der Waals surface area contributed by atoms with Crippen molar-refractivity contribution in [2.75, 3.05) is 36.5 Å². The van der Waals surface area contributed by atoms with Crippen molar-refractivity contribution in [1.82, 2.24) is 10.2 Å². The van der Waals surface area contributed by atoms with Gasteiger partial charge in [-0.1, -0.05) is 41.2 Å². The number of nitriles is 1. The van der Waals surface area contributed by atoms with Crippen LogP contribution >= 0.6 is 11.3 Å². The second-order valence-corrected chi connectivity index (χ2v) is 9.20. The van der Waals surface area contributed by atoms with Crippen LogP contribution in [-0.4, -0.2) is 42.4 Å². The summed E-state index contributed by atoms with van der Waals surface area (Å²) in [4.78, 5) is 14.7. The highest BCUT2D eigenvalue weighted by Gasteiger charge is 2.18. The molecule has 0 aliphatic carbocycles. The van der Waals surface area contributed by atoms with Crippen LogP contribution in [0.15, 0.2) is 48.0 Å². The third-order valence-electron chi connectivity index (χ3n) is 5.51. The van der Waals surface area contributed by atoms with Gasteiger partial charge >= 0.3 is 0 Å². The minimum atomic E-state index is -0.513. The number of aryl methyl sites for hydroxylation is 2. The number of carbonyl (C=O) groups is 1. The molecule has 0 unspecified atom stereocenters. The van der Waals surface area contributed by atoms with Crippen LogP contribution in [0.3, 0.4) is 0 Å². The van der Waals surface area contributed by atoms with Crippen LogP contribution in [0.1, 0.15) is 29.5 Å². The Morgan fingerprint density at radius 1 is 1.11 bits per heavy atom. The number of ether oxygens (including phenoxy) is 2. The fourth-order valence-corrected chi connectivity index (χ4v) is 4.51. The molecule has 8 nitrogen and oxygen atoms in total. The highest BCUT2D eigenvalue weighted by molar-refractivity contribution is 7.19. The summed E-state index contributed by atoms with van der Waals surface area (Å²) in [6.45, 7) is 6.79. The number of amides is 1. The molecule has 0 atom stereocenters. The second kappa shape index (κ2) is 11.5. The van der Waals surface area contributed by atoms with Crippen molar-refractivity contribution in [2.45, 2.75) is 26.7 Å². The lowest BCUT2D eigenvalue weighted by Crippen LogP contribution is -2.17. The molecule has 35 heavy (non-hydrogen) atoms. The highest BCUT2D eigenvalue weighted by Crippen LogP contribution is 2.27. The van der Waals surface area contributed by atoms with Crippen LogP contribution in [-0.2, 0) is 4.79 Å². The number of nitrogens with zero attached hydrogens (tertiary/aromatic N) is 4. The fourth-order valence-electron chi connectivity index (χ4n) is 3.71. The van der Waals surface area contributed by atoms with E-state index in [1.807, 2.05) is 32.0 Å². The molecular weight excluding hydrogens is 462 g/mol. The van der Waals surface area contributed by atoms with Gasteiger partial charge in [0.1, 0.15) is 36.4 Å². The predicted octanol–water partition coefficient (Wildman–Crippen LogP) is 4.76. The van der Waals surface area contributed by atoms with E-state index in [0.717, 1.165) is 42.4 Å². The van der Waals surface area contributed by atoms with E-state index in [1.165, 1.54) is 23.0 Å². The first-order valence-electron chi connectivity index (χ1n) is 11.5. The molecule has 4 rings (SSSR count). The van der Waals surface area contributed by atoms with Crippen molar-refractivity contribution < 1.29 is 14.3 Å². The number of rotatable bonds is 9. The SMILES string of the molecule is Cc1ccc(OCCOc2ccc(/C=C(/C#N)C(=O)Nc3nnc(N4CCCC4)s3)cc2)c(C)c1. The van der Waals surface area contributed by atoms with Gasteiger partial charge in [-0.05, 0) is 62.1 Å². The van der Waals surface area contributed by atoms with Gasteiger partial charge in [-0.3, -0.25) is 10.1 Å². The maximum atomic E-state index is 12.6. The molecule has 1 aromatic heterocycles. The van der Waals surface area contributed by atoms with Gasteiger partial charge in [0.05, 0.1) is 0 Å². The van der Waals surface area contributed by atoms with E-state index in [-0.39, 0.29) is 5.57 Å². The summed E-state index contributed by atoms with van der Waals surface area (Å²) >= 11 is 1.31. The van der Waals surface area contributed by atoms with Crippen LogP contribution in [0.5, 0.6) is 11.5 Å². The van der Waals surface area contributed by atoms with E-state index in [4.69, 9.17) is 9.47 Å². The molecule has 1 saturated heterocycles. The maximum Gasteiger partial charge on any atom is 0.268 e. The van der Waals surface area contributed by atoms with Gasteiger partial charge in [0.2, 0.25) is 10.3 Å². The summed E-state index contributed by atoms with van der Waals surface area (Å²) in [6.07, 6.45) is 3.80. The molecule has 1 fully saturated rings. The summed E-state index contributed by atoms with van der Waals surface area (Å²) in [5.41, 5.74) is 2.99. The molecule has 180 valence electrons. The molecule has 2 heterocycles. The summed E-state index contributed by atoms with van der Waals surface area (Å²) in [6, 6.07) is 15.2. The van der Waals surface area contributed by atoms with Crippen molar-refractivity contribution >= 4 is 33.6 Å². The molecule has 0 spiro atoms. The number of aromatic nitrogens is 2. The zero-order valence-corrected chi connectivity index (χ0v) is 20.6. The minimum absolute atomic E-state index is 0.0153. The monoisotopic (exact) mass is 489 g/mol. The number of hydrogen-bond acceptors (Lipinski definition) is 8. The summed E-state index contributed by atoms with van der Waals surface area (Å²) in [5.74, 6) is 1.01. The van der Waals surface area contributed by atoms with Crippen LogP contribution in [0.2, 0.25) is 0 Å². The third-order valence-corrected chi connectivity index (χ3v) is 6.41. The van der Waals surface area contributed by atoms with Gasteiger partial charge in [-0.25, -0.2) is 0 Å². The van der Waals surface area contributed by atoms with Crippen molar-refractivity contribution in [1.29, 1.82) is 5.26 Å². The predicted molar refractivity (Wildman–Crippen MR) is 137 cm³/mol. The van der Waals surface area contributed by atoms with Crippen LogP contribution < -0.4 is 19.7 Å². The Balaban J connectivity index is 1.28. The summed E-state index contributed by atoms with van der Waals surface area (Å²) in [5, 5.41) is 21.5. The van der Waals surface area contributed by atoms with Crippen LogP contribution in [0, 0.1) is 25.2 Å². The Bertz CT molecular complexity index is 1240. The molecule has 0 saturated carbocycles. The average molecular weight is 490 g/mol. The normalized spacial score (nSPS) is 13.4. The molecule has 0 radical (unpaired) electrons. The average Bonchev–Trinajstić information content (AvgIpc) is 3.54. The quantitative estimate of drug-likeness (QED) is 0.263. The van der Waals surface area contributed by atoms with Gasteiger partial charge in [0, 0.05) is 13.1 Å². The minimum Gasteiger partial charge on any atom is -0.490 e. The second-order valence-electron chi connectivity index (χ2n) is 8.24. The number of nitrogens with one attached hydrogen (secondary N) is 1. The Hall–Kier alpha value is -3.90. The van der Waals surface area contributed by atoms with Gasteiger partial charge in [0.15, 0.2) is 0 Å². The standard InChI is InChI=1S/C26H27N5O3S/c1-18-5-10-23(19(2)15-18)34-14-13-33-22-8-6-20(7-9-22)16-21(17-27)24(32)28-25-29-30-26(35-25)31-11-3-4-12-31/h5-10,15-16H,3-4,11-14H2,1-2H3,(H,28,29,32)/b21-16-. The lowest BCUT2D eigenvalue weighted by atomic mass is 10.1. The topological polar surface area (TPSA) is 100 Å². The molecule has 3 aromatic rings. The van der Waals surface area contributed by atoms with E-state index in [0.29, 0.717) is 29.7 Å². The summed E-state index contributed by atoms with van der Waals surface area (Å²) in [7, 11) is 0. The molecule has 2 aromatic carbocycles. The zero-order chi connectivity index (χ0) is 24.6. The highest BCUT2D eigenvalue weighted by atomic mass is 32.1. The van der Waals surface area contributed by atoms with E-state index in [2.05, 4.69) is 26.5 Å². The largest absolute Gasteiger partial charge is 0.490 e.